The number of thiophene rings is 1. The molecule has 2 aromatic heterocycles. The Morgan fingerprint density at radius 2 is 1.96 bits per heavy atom. The number of carbonyl (C=O) groups is 2. The second kappa shape index (κ2) is 8.00. The zero-order chi connectivity index (χ0) is 17.6. The highest BCUT2D eigenvalue weighted by Crippen LogP contribution is 2.26. The summed E-state index contributed by atoms with van der Waals surface area (Å²) in [5, 5.41) is 8.09. The van der Waals surface area contributed by atoms with Crippen LogP contribution in [-0.4, -0.2) is 18.4 Å². The first-order valence-electron chi connectivity index (χ1n) is 7.52. The number of benzene rings is 1. The van der Waals surface area contributed by atoms with E-state index in [1.54, 1.807) is 23.5 Å². The molecule has 0 radical (unpaired) electrons. The maximum Gasteiger partial charge on any atom is 0.254 e. The summed E-state index contributed by atoms with van der Waals surface area (Å²) in [7, 11) is 0. The van der Waals surface area contributed by atoms with Gasteiger partial charge >= 0.3 is 0 Å². The van der Waals surface area contributed by atoms with Gasteiger partial charge in [0.05, 0.1) is 24.4 Å². The number of carbonyl (C=O) groups excluding carboxylic acids is 2. The SMILES string of the molecule is O=C(CNC(=O)c1ccoc1)NC(c1ccc(Cl)cc1)c1cccs1. The molecule has 0 fully saturated rings. The van der Waals surface area contributed by atoms with Gasteiger partial charge in [0.2, 0.25) is 5.91 Å². The largest absolute Gasteiger partial charge is 0.472 e. The van der Waals surface area contributed by atoms with Crippen LogP contribution in [0.1, 0.15) is 26.8 Å². The van der Waals surface area contributed by atoms with E-state index in [9.17, 15) is 9.59 Å². The number of halogens is 1. The fraction of sp³-hybridized carbons (Fsp3) is 0.111. The first-order valence-corrected chi connectivity index (χ1v) is 8.78. The van der Waals surface area contributed by atoms with Crippen LogP contribution in [0.4, 0.5) is 0 Å². The third kappa shape index (κ3) is 4.49. The van der Waals surface area contributed by atoms with E-state index >= 15 is 0 Å². The van der Waals surface area contributed by atoms with Crippen molar-refractivity contribution >= 4 is 34.8 Å². The summed E-state index contributed by atoms with van der Waals surface area (Å²) >= 11 is 7.49. The second-order valence-electron chi connectivity index (χ2n) is 5.26. The van der Waals surface area contributed by atoms with Gasteiger partial charge in [-0.1, -0.05) is 29.8 Å². The molecule has 1 unspecified atom stereocenters. The van der Waals surface area contributed by atoms with Crippen molar-refractivity contribution in [1.29, 1.82) is 0 Å². The van der Waals surface area contributed by atoms with Gasteiger partial charge in [-0.3, -0.25) is 9.59 Å². The highest BCUT2D eigenvalue weighted by atomic mass is 35.5. The van der Waals surface area contributed by atoms with E-state index in [1.165, 1.54) is 18.6 Å². The Hall–Kier alpha value is -2.57. The molecule has 2 amide bonds. The fourth-order valence-corrected chi connectivity index (χ4v) is 3.23. The summed E-state index contributed by atoms with van der Waals surface area (Å²) < 4.78 is 4.85. The Kier molecular flexibility index (Phi) is 5.53. The van der Waals surface area contributed by atoms with Gasteiger partial charge in [0.15, 0.2) is 0 Å². The van der Waals surface area contributed by atoms with Gasteiger partial charge in [-0.2, -0.15) is 0 Å². The van der Waals surface area contributed by atoms with E-state index in [1.807, 2.05) is 29.6 Å². The van der Waals surface area contributed by atoms with Crippen LogP contribution in [-0.2, 0) is 4.79 Å². The van der Waals surface area contributed by atoms with Gasteiger partial charge < -0.3 is 15.1 Å². The van der Waals surface area contributed by atoms with Gasteiger partial charge in [0.1, 0.15) is 6.26 Å². The van der Waals surface area contributed by atoms with Crippen molar-refractivity contribution in [2.45, 2.75) is 6.04 Å². The smallest absolute Gasteiger partial charge is 0.254 e. The summed E-state index contributed by atoms with van der Waals surface area (Å²) in [5.74, 6) is -0.645. The molecule has 0 saturated heterocycles. The monoisotopic (exact) mass is 374 g/mol. The summed E-state index contributed by atoms with van der Waals surface area (Å²) in [4.78, 5) is 25.2. The second-order valence-corrected chi connectivity index (χ2v) is 6.68. The molecule has 0 spiro atoms. The molecule has 7 heteroatoms. The Labute approximate surface area is 153 Å². The van der Waals surface area contributed by atoms with E-state index in [4.69, 9.17) is 16.0 Å². The van der Waals surface area contributed by atoms with E-state index in [2.05, 4.69) is 10.6 Å². The zero-order valence-electron chi connectivity index (χ0n) is 13.1. The Morgan fingerprint density at radius 3 is 2.60 bits per heavy atom. The number of rotatable bonds is 6. The standard InChI is InChI=1S/C18H15ClN2O3S/c19-14-5-3-12(4-6-14)17(15-2-1-9-25-15)21-16(22)10-20-18(23)13-7-8-24-11-13/h1-9,11,17H,10H2,(H,20,23)(H,21,22). The van der Waals surface area contributed by atoms with Crippen LogP contribution < -0.4 is 10.6 Å². The number of hydrogen-bond donors (Lipinski definition) is 2. The van der Waals surface area contributed by atoms with Crippen molar-refractivity contribution < 1.29 is 14.0 Å². The number of hydrogen-bond acceptors (Lipinski definition) is 4. The number of amides is 2. The fourth-order valence-electron chi connectivity index (χ4n) is 2.30. The molecule has 2 N–H and O–H groups in total. The van der Waals surface area contributed by atoms with Crippen molar-refractivity contribution in [1.82, 2.24) is 10.6 Å². The number of furan rings is 1. The van der Waals surface area contributed by atoms with E-state index in [0.29, 0.717) is 10.6 Å². The normalized spacial score (nSPS) is 11.7. The molecule has 0 bridgehead atoms. The summed E-state index contributed by atoms with van der Waals surface area (Å²) in [6.07, 6.45) is 2.73. The maximum atomic E-state index is 12.3. The first-order chi connectivity index (χ1) is 12.1. The Balaban J connectivity index is 1.67. The summed E-state index contributed by atoms with van der Waals surface area (Å²) in [6.45, 7) is -0.126. The van der Waals surface area contributed by atoms with Crippen molar-refractivity contribution in [2.24, 2.45) is 0 Å². The van der Waals surface area contributed by atoms with Gasteiger partial charge in [-0.25, -0.2) is 0 Å². The van der Waals surface area contributed by atoms with Crippen LogP contribution in [0, 0.1) is 0 Å². The lowest BCUT2D eigenvalue weighted by molar-refractivity contribution is -0.120. The lowest BCUT2D eigenvalue weighted by atomic mass is 10.1. The van der Waals surface area contributed by atoms with Crippen molar-refractivity contribution in [2.75, 3.05) is 6.54 Å². The molecule has 25 heavy (non-hydrogen) atoms. The van der Waals surface area contributed by atoms with Crippen LogP contribution in [0.2, 0.25) is 5.02 Å². The quantitative estimate of drug-likeness (QED) is 0.692. The van der Waals surface area contributed by atoms with Crippen LogP contribution in [0.3, 0.4) is 0 Å². The van der Waals surface area contributed by atoms with Gasteiger partial charge in [0, 0.05) is 9.90 Å². The Morgan fingerprint density at radius 1 is 1.16 bits per heavy atom. The number of nitrogens with one attached hydrogen (secondary N) is 2. The topological polar surface area (TPSA) is 71.3 Å². The minimum absolute atomic E-state index is 0.126. The average Bonchev–Trinajstić information content (AvgIpc) is 3.31. The lowest BCUT2D eigenvalue weighted by Crippen LogP contribution is -2.38. The molecule has 0 aliphatic heterocycles. The summed E-state index contributed by atoms with van der Waals surface area (Å²) in [5.41, 5.74) is 1.29. The Bertz CT molecular complexity index is 830. The van der Waals surface area contributed by atoms with Crippen LogP contribution >= 0.6 is 22.9 Å². The minimum Gasteiger partial charge on any atom is -0.472 e. The third-order valence-corrected chi connectivity index (χ3v) is 4.72. The third-order valence-electron chi connectivity index (χ3n) is 3.53. The molecule has 5 nitrogen and oxygen atoms in total. The van der Waals surface area contributed by atoms with Crippen LogP contribution in [0.5, 0.6) is 0 Å². The molecule has 1 atom stereocenters. The molecule has 0 aliphatic rings. The molecule has 1 aromatic carbocycles. The highest BCUT2D eigenvalue weighted by Gasteiger charge is 2.18. The molecular formula is C18H15ClN2O3S. The van der Waals surface area contributed by atoms with Crippen LogP contribution in [0.25, 0.3) is 0 Å². The molecule has 3 rings (SSSR count). The molecule has 0 aliphatic carbocycles. The maximum absolute atomic E-state index is 12.3. The van der Waals surface area contributed by atoms with Gasteiger partial charge in [-0.15, -0.1) is 11.3 Å². The first kappa shape index (κ1) is 17.3. The van der Waals surface area contributed by atoms with E-state index in [0.717, 1.165) is 10.4 Å². The molecule has 3 aromatic rings. The predicted molar refractivity (Wildman–Crippen MR) is 96.8 cm³/mol. The summed E-state index contributed by atoms with van der Waals surface area (Å²) in [6, 6.07) is 12.4. The predicted octanol–water partition coefficient (Wildman–Crippen LogP) is 3.63. The van der Waals surface area contributed by atoms with Crippen molar-refractivity contribution in [3.05, 3.63) is 81.4 Å². The average molecular weight is 375 g/mol. The molecule has 128 valence electrons. The van der Waals surface area contributed by atoms with Crippen LogP contribution in [0.15, 0.2) is 64.8 Å². The highest BCUT2D eigenvalue weighted by molar-refractivity contribution is 7.10. The zero-order valence-corrected chi connectivity index (χ0v) is 14.6. The van der Waals surface area contributed by atoms with Gasteiger partial charge in [0.25, 0.3) is 5.91 Å². The molecule has 2 heterocycles. The lowest BCUT2D eigenvalue weighted by Gasteiger charge is -2.18. The minimum atomic E-state index is -0.358. The molecule has 0 saturated carbocycles. The van der Waals surface area contributed by atoms with Crippen molar-refractivity contribution in [3.63, 3.8) is 0 Å². The van der Waals surface area contributed by atoms with Gasteiger partial charge in [-0.05, 0) is 35.2 Å². The molecular weight excluding hydrogens is 360 g/mol. The van der Waals surface area contributed by atoms with E-state index < -0.39 is 0 Å². The van der Waals surface area contributed by atoms with E-state index in [-0.39, 0.29) is 24.4 Å². The van der Waals surface area contributed by atoms with Crippen molar-refractivity contribution in [3.8, 4) is 0 Å².